The van der Waals surface area contributed by atoms with Gasteiger partial charge in [-0.1, -0.05) is 61.2 Å². The fraction of sp³-hybridized carbons (Fsp3) is 0.0870. The summed E-state index contributed by atoms with van der Waals surface area (Å²) in [5, 5.41) is 3.47. The van der Waals surface area contributed by atoms with Gasteiger partial charge >= 0.3 is 5.97 Å². The van der Waals surface area contributed by atoms with Gasteiger partial charge < -0.3 is 21.7 Å². The van der Waals surface area contributed by atoms with E-state index in [1.54, 1.807) is 6.08 Å². The van der Waals surface area contributed by atoms with Gasteiger partial charge in [-0.05, 0) is 42.5 Å². The second-order valence-electron chi connectivity index (χ2n) is 5.97. The van der Waals surface area contributed by atoms with E-state index in [0.717, 1.165) is 15.9 Å². The normalized spacial score (nSPS) is 11.7. The minimum atomic E-state index is -2.28. The Labute approximate surface area is 172 Å². The molecule has 0 radical (unpaired) electrons. The van der Waals surface area contributed by atoms with Gasteiger partial charge in [-0.15, -0.1) is 0 Å². The molecule has 0 spiro atoms. The number of hydrogen-bond donors (Lipinski definition) is 0. The number of rotatable bonds is 6. The first-order valence-electron chi connectivity index (χ1n) is 8.55. The molecule has 0 amide bonds. The molecule has 2 nitrogen and oxygen atoms in total. The molecule has 0 saturated heterocycles. The Bertz CT molecular complexity index is 770. The molecule has 138 valence electrons. The maximum absolute atomic E-state index is 11.9. The number of esters is 1. The van der Waals surface area contributed by atoms with Crippen molar-refractivity contribution in [1.29, 1.82) is 0 Å². The van der Waals surface area contributed by atoms with Crippen molar-refractivity contribution in [3.8, 4) is 0 Å². The molecular formula is C23H22BrO2P. The summed E-state index contributed by atoms with van der Waals surface area (Å²) < 4.78 is 5.82. The zero-order chi connectivity index (χ0) is 18.4. The molecule has 0 aliphatic rings. The van der Waals surface area contributed by atoms with E-state index in [2.05, 4.69) is 43.0 Å². The Kier molecular flexibility index (Phi) is 7.53. The lowest BCUT2D eigenvalue weighted by atomic mass is 10.4. The highest BCUT2D eigenvalue weighted by Crippen LogP contribution is 2.60. The summed E-state index contributed by atoms with van der Waals surface area (Å²) in [6.45, 7) is 5.46. The number of hydrogen-bond acceptors (Lipinski definition) is 2. The van der Waals surface area contributed by atoms with Crippen LogP contribution in [-0.2, 0) is 9.53 Å². The average molecular weight is 441 g/mol. The van der Waals surface area contributed by atoms with Gasteiger partial charge in [0.05, 0.1) is 0 Å². The van der Waals surface area contributed by atoms with Crippen LogP contribution in [-0.4, -0.2) is 11.8 Å². The molecule has 0 N–H and O–H groups in total. The molecule has 0 aromatic heterocycles. The fourth-order valence-electron chi connectivity index (χ4n) is 3.33. The number of ether oxygens (including phenoxy) is 1. The number of halogens is 1. The van der Waals surface area contributed by atoms with Crippen LogP contribution in [0.25, 0.3) is 0 Å². The monoisotopic (exact) mass is 440 g/mol. The first kappa shape index (κ1) is 21.1. The third kappa shape index (κ3) is 4.21. The van der Waals surface area contributed by atoms with Crippen LogP contribution in [0.15, 0.2) is 104 Å². The van der Waals surface area contributed by atoms with Crippen molar-refractivity contribution in [3.63, 3.8) is 0 Å². The van der Waals surface area contributed by atoms with Gasteiger partial charge in [0.25, 0.3) is 0 Å². The van der Waals surface area contributed by atoms with Gasteiger partial charge in [-0.3, -0.25) is 4.79 Å². The van der Waals surface area contributed by atoms with E-state index in [9.17, 15) is 4.79 Å². The Morgan fingerprint density at radius 3 is 1.41 bits per heavy atom. The van der Waals surface area contributed by atoms with Gasteiger partial charge in [0.15, 0.2) is 7.26 Å². The first-order chi connectivity index (χ1) is 12.7. The Morgan fingerprint density at radius 2 is 1.15 bits per heavy atom. The van der Waals surface area contributed by atoms with Gasteiger partial charge in [0.2, 0.25) is 5.85 Å². The Morgan fingerprint density at radius 1 is 0.815 bits per heavy atom. The molecular weight excluding hydrogens is 419 g/mol. The Hall–Kier alpha value is -2.22. The van der Waals surface area contributed by atoms with E-state index in [-0.39, 0.29) is 23.0 Å². The van der Waals surface area contributed by atoms with Crippen molar-refractivity contribution in [3.05, 3.63) is 104 Å². The highest BCUT2D eigenvalue weighted by molar-refractivity contribution is 7.96. The quantitative estimate of drug-likeness (QED) is 0.325. The van der Waals surface area contributed by atoms with Crippen LogP contribution in [0.4, 0.5) is 0 Å². The summed E-state index contributed by atoms with van der Waals surface area (Å²) in [7, 11) is -2.28. The lowest BCUT2D eigenvalue weighted by Crippen LogP contribution is -3.00. The minimum absolute atomic E-state index is 0. The SMILES string of the molecule is C=CC(OC(C)=O)[P+](c1ccccc1)(c1ccccc1)c1ccccc1.[Br-]. The van der Waals surface area contributed by atoms with Crippen LogP contribution in [0, 0.1) is 0 Å². The zero-order valence-electron chi connectivity index (χ0n) is 15.2. The predicted molar refractivity (Wildman–Crippen MR) is 111 cm³/mol. The molecule has 0 bridgehead atoms. The largest absolute Gasteiger partial charge is 1.00 e. The summed E-state index contributed by atoms with van der Waals surface area (Å²) >= 11 is 0. The van der Waals surface area contributed by atoms with Crippen molar-refractivity contribution in [1.82, 2.24) is 0 Å². The molecule has 3 rings (SSSR count). The number of carbonyl (C=O) groups excluding carboxylic acids is 1. The third-order valence-electron chi connectivity index (χ3n) is 4.36. The molecule has 1 unspecified atom stereocenters. The molecule has 4 heteroatoms. The van der Waals surface area contributed by atoms with Crippen LogP contribution in [0.3, 0.4) is 0 Å². The van der Waals surface area contributed by atoms with Gasteiger partial charge in [0.1, 0.15) is 15.9 Å². The van der Waals surface area contributed by atoms with E-state index >= 15 is 0 Å². The van der Waals surface area contributed by atoms with Crippen LogP contribution in [0.1, 0.15) is 6.92 Å². The molecule has 0 aliphatic carbocycles. The van der Waals surface area contributed by atoms with Gasteiger partial charge in [0, 0.05) is 6.92 Å². The summed E-state index contributed by atoms with van der Waals surface area (Å²) in [5.41, 5.74) is 0. The van der Waals surface area contributed by atoms with Crippen molar-refractivity contribution >= 4 is 29.1 Å². The van der Waals surface area contributed by atoms with E-state index in [1.807, 2.05) is 54.6 Å². The second kappa shape index (κ2) is 9.64. The van der Waals surface area contributed by atoms with Gasteiger partial charge in [-0.2, -0.15) is 0 Å². The van der Waals surface area contributed by atoms with E-state index < -0.39 is 13.1 Å². The summed E-state index contributed by atoms with van der Waals surface area (Å²) in [6.07, 6.45) is 1.77. The van der Waals surface area contributed by atoms with Crippen LogP contribution in [0.2, 0.25) is 0 Å². The van der Waals surface area contributed by atoms with Crippen molar-refractivity contribution in [2.24, 2.45) is 0 Å². The fourth-order valence-corrected chi connectivity index (χ4v) is 7.66. The van der Waals surface area contributed by atoms with E-state index in [4.69, 9.17) is 4.74 Å². The van der Waals surface area contributed by atoms with Crippen LogP contribution < -0.4 is 32.9 Å². The average Bonchev–Trinajstić information content (AvgIpc) is 2.70. The molecule has 3 aromatic carbocycles. The molecule has 0 fully saturated rings. The maximum atomic E-state index is 11.9. The first-order valence-corrected chi connectivity index (χ1v) is 10.4. The van der Waals surface area contributed by atoms with Gasteiger partial charge in [-0.25, -0.2) is 0 Å². The molecule has 1 atom stereocenters. The lowest BCUT2D eigenvalue weighted by molar-refractivity contribution is -0.141. The van der Waals surface area contributed by atoms with Crippen molar-refractivity contribution in [2.45, 2.75) is 12.8 Å². The smallest absolute Gasteiger partial charge is 0.306 e. The molecule has 0 aliphatic heterocycles. The van der Waals surface area contributed by atoms with Crippen molar-refractivity contribution in [2.75, 3.05) is 0 Å². The topological polar surface area (TPSA) is 26.3 Å². The minimum Gasteiger partial charge on any atom is -1.00 e. The standard InChI is InChI=1S/C23H22O2P.BrH/c1-3-23(25-19(2)24)26(20-13-7-4-8-14-20,21-15-9-5-10-16-21)22-17-11-6-12-18-22;/h3-18,23H,1H2,2H3;1H/q+1;/p-1. The zero-order valence-corrected chi connectivity index (χ0v) is 17.6. The molecule has 0 heterocycles. The number of carbonyl (C=O) groups is 1. The third-order valence-corrected chi connectivity index (χ3v) is 8.78. The summed E-state index contributed by atoms with van der Waals surface area (Å²) in [4.78, 5) is 11.9. The molecule has 27 heavy (non-hydrogen) atoms. The van der Waals surface area contributed by atoms with Crippen LogP contribution >= 0.6 is 7.26 Å². The maximum Gasteiger partial charge on any atom is 0.306 e. The summed E-state index contributed by atoms with van der Waals surface area (Å²) in [6, 6.07) is 30.9. The molecule has 0 saturated carbocycles. The van der Waals surface area contributed by atoms with Crippen LogP contribution in [0.5, 0.6) is 0 Å². The lowest BCUT2D eigenvalue weighted by Gasteiger charge is -2.32. The molecule has 3 aromatic rings. The second-order valence-corrected chi connectivity index (χ2v) is 9.47. The highest BCUT2D eigenvalue weighted by Gasteiger charge is 2.53. The van der Waals surface area contributed by atoms with Crippen molar-refractivity contribution < 1.29 is 26.5 Å². The Balaban J connectivity index is 0.00000261. The summed E-state index contributed by atoms with van der Waals surface area (Å²) in [5.74, 6) is -0.741. The predicted octanol–water partition coefficient (Wildman–Crippen LogP) is 1.06. The highest BCUT2D eigenvalue weighted by atomic mass is 79.9. The van der Waals surface area contributed by atoms with E-state index in [0.29, 0.717) is 0 Å². The van der Waals surface area contributed by atoms with E-state index in [1.165, 1.54) is 6.92 Å². The number of benzene rings is 3.